The molecule has 156 valence electrons. The minimum absolute atomic E-state index is 0.254. The lowest BCUT2D eigenvalue weighted by Gasteiger charge is -2.14. The fourth-order valence-electron chi connectivity index (χ4n) is 3.07. The van der Waals surface area contributed by atoms with Crippen LogP contribution in [-0.4, -0.2) is 33.6 Å². The monoisotopic (exact) mass is 418 g/mol. The van der Waals surface area contributed by atoms with Crippen molar-refractivity contribution >= 4 is 22.2 Å². The molecule has 0 aliphatic heterocycles. The minimum Gasteiger partial charge on any atom is -0.492 e. The van der Waals surface area contributed by atoms with Crippen molar-refractivity contribution in [3.63, 3.8) is 0 Å². The first-order valence-electron chi connectivity index (χ1n) is 9.38. The first kappa shape index (κ1) is 21.5. The molecule has 7 nitrogen and oxygen atoms in total. The Hall–Kier alpha value is -2.23. The van der Waals surface area contributed by atoms with E-state index in [0.717, 1.165) is 39.2 Å². The van der Waals surface area contributed by atoms with Gasteiger partial charge in [-0.1, -0.05) is 24.3 Å². The zero-order valence-electron chi connectivity index (χ0n) is 16.5. The molecule has 0 aliphatic carbocycles. The highest BCUT2D eigenvalue weighted by molar-refractivity contribution is 7.77. The number of hydrogen-bond donors (Lipinski definition) is 4. The largest absolute Gasteiger partial charge is 0.492 e. The number of aliphatic hydroxyl groups excluding tert-OH is 1. The van der Waals surface area contributed by atoms with Crippen molar-refractivity contribution in [2.24, 2.45) is 0 Å². The minimum atomic E-state index is -2.06. The van der Waals surface area contributed by atoms with Gasteiger partial charge in [0.2, 0.25) is 11.3 Å². The van der Waals surface area contributed by atoms with Crippen molar-refractivity contribution in [2.75, 3.05) is 19.7 Å². The number of nitrogens with one attached hydrogen (secondary N) is 2. The lowest BCUT2D eigenvalue weighted by Crippen LogP contribution is -2.26. The first-order valence-corrected chi connectivity index (χ1v) is 10.5. The van der Waals surface area contributed by atoms with Crippen molar-refractivity contribution in [1.29, 1.82) is 0 Å². The fraction of sp³-hybridized carbons (Fsp3) is 0.333. The van der Waals surface area contributed by atoms with E-state index in [1.54, 1.807) is 0 Å². The number of benzene rings is 2. The number of aliphatic hydroxyl groups is 1. The molecule has 0 amide bonds. The summed E-state index contributed by atoms with van der Waals surface area (Å²) in [5, 5.41) is 14.6. The van der Waals surface area contributed by atoms with Crippen LogP contribution in [0, 0.1) is 13.8 Å². The van der Waals surface area contributed by atoms with Crippen LogP contribution in [0.25, 0.3) is 11.0 Å². The van der Waals surface area contributed by atoms with Crippen LogP contribution in [0.15, 0.2) is 46.9 Å². The molecule has 2 unspecified atom stereocenters. The van der Waals surface area contributed by atoms with Gasteiger partial charge in [-0.2, -0.15) is 0 Å². The third-order valence-electron chi connectivity index (χ3n) is 4.77. The lowest BCUT2D eigenvalue weighted by atomic mass is 10.1. The van der Waals surface area contributed by atoms with Crippen molar-refractivity contribution in [2.45, 2.75) is 26.5 Å². The Labute approximate surface area is 172 Å². The van der Waals surface area contributed by atoms with Crippen molar-refractivity contribution in [3.05, 3.63) is 64.9 Å². The van der Waals surface area contributed by atoms with Gasteiger partial charge in [0.25, 0.3) is 0 Å². The Bertz CT molecular complexity index is 988. The Morgan fingerprint density at radius 3 is 2.83 bits per heavy atom. The van der Waals surface area contributed by atoms with Gasteiger partial charge in [0, 0.05) is 31.1 Å². The second-order valence-electron chi connectivity index (χ2n) is 6.82. The Morgan fingerprint density at radius 1 is 1.21 bits per heavy atom. The van der Waals surface area contributed by atoms with E-state index < -0.39 is 17.4 Å². The Kier molecular flexibility index (Phi) is 7.40. The van der Waals surface area contributed by atoms with E-state index in [0.29, 0.717) is 19.7 Å². The lowest BCUT2D eigenvalue weighted by molar-refractivity contribution is 0.172. The van der Waals surface area contributed by atoms with E-state index in [4.69, 9.17) is 13.7 Å². The SMILES string of the molecule is Cc1oc2cc(OCCNCC(O)c3cccc(CNS(=O)O)c3)ccc2c1C. The molecule has 1 heterocycles. The normalized spacial score (nSPS) is 13.5. The smallest absolute Gasteiger partial charge is 0.232 e. The third kappa shape index (κ3) is 5.88. The number of furan rings is 1. The van der Waals surface area contributed by atoms with Crippen LogP contribution in [-0.2, 0) is 17.8 Å². The van der Waals surface area contributed by atoms with Gasteiger partial charge in [-0.15, -0.1) is 0 Å². The third-order valence-corrected chi connectivity index (χ3v) is 5.16. The highest BCUT2D eigenvalue weighted by Crippen LogP contribution is 2.28. The summed E-state index contributed by atoms with van der Waals surface area (Å²) in [6.45, 7) is 5.66. The molecular formula is C21H26N2O5S. The molecule has 1 aromatic heterocycles. The summed E-state index contributed by atoms with van der Waals surface area (Å²) in [4.78, 5) is 0. The van der Waals surface area contributed by atoms with Crippen molar-refractivity contribution < 1.29 is 23.0 Å². The average molecular weight is 419 g/mol. The van der Waals surface area contributed by atoms with Gasteiger partial charge in [-0.05, 0) is 42.7 Å². The summed E-state index contributed by atoms with van der Waals surface area (Å²) in [6, 6.07) is 13.1. The summed E-state index contributed by atoms with van der Waals surface area (Å²) in [5.74, 6) is 1.66. The molecule has 8 heteroatoms. The van der Waals surface area contributed by atoms with Gasteiger partial charge in [0.1, 0.15) is 23.7 Å². The van der Waals surface area contributed by atoms with Gasteiger partial charge in [0.15, 0.2) is 0 Å². The molecule has 0 saturated carbocycles. The second kappa shape index (κ2) is 10.00. The maximum Gasteiger partial charge on any atom is 0.232 e. The summed E-state index contributed by atoms with van der Waals surface area (Å²) in [7, 11) is 0. The molecule has 0 aliphatic rings. The highest BCUT2D eigenvalue weighted by atomic mass is 32.2. The van der Waals surface area contributed by atoms with Gasteiger partial charge < -0.3 is 19.6 Å². The highest BCUT2D eigenvalue weighted by Gasteiger charge is 2.09. The molecule has 4 N–H and O–H groups in total. The summed E-state index contributed by atoms with van der Waals surface area (Å²) in [5.41, 5.74) is 3.54. The van der Waals surface area contributed by atoms with Crippen LogP contribution in [0.4, 0.5) is 0 Å². The zero-order valence-corrected chi connectivity index (χ0v) is 17.3. The summed E-state index contributed by atoms with van der Waals surface area (Å²) in [6.07, 6.45) is -0.681. The molecule has 29 heavy (non-hydrogen) atoms. The van der Waals surface area contributed by atoms with Gasteiger partial charge in [0.05, 0.1) is 6.10 Å². The van der Waals surface area contributed by atoms with Crippen molar-refractivity contribution in [1.82, 2.24) is 10.0 Å². The predicted octanol–water partition coefficient (Wildman–Crippen LogP) is 2.98. The number of hydrogen-bond acceptors (Lipinski definition) is 5. The number of ether oxygens (including phenoxy) is 1. The molecule has 3 aromatic rings. The van der Waals surface area contributed by atoms with E-state index in [-0.39, 0.29) is 6.54 Å². The van der Waals surface area contributed by atoms with Gasteiger partial charge in [-0.25, -0.2) is 8.93 Å². The van der Waals surface area contributed by atoms with Crippen LogP contribution in [0.5, 0.6) is 5.75 Å². The fourth-order valence-corrected chi connectivity index (χ4v) is 3.36. The molecule has 2 atom stereocenters. The molecule has 0 spiro atoms. The van der Waals surface area contributed by atoms with Crippen LogP contribution in [0.2, 0.25) is 0 Å². The maximum atomic E-state index is 10.7. The van der Waals surface area contributed by atoms with E-state index in [1.807, 2.05) is 56.3 Å². The standard InChI is InChI=1S/C21H26N2O5S/c1-14-15(2)28-21-11-18(6-7-19(14)21)27-9-8-22-13-20(24)17-5-3-4-16(10-17)12-23-29(25)26/h3-7,10-11,20,22-24H,8-9,12-13H2,1-2H3,(H,25,26). The van der Waals surface area contributed by atoms with Crippen LogP contribution < -0.4 is 14.8 Å². The molecule has 0 saturated heterocycles. The second-order valence-corrected chi connectivity index (χ2v) is 7.61. The number of fused-ring (bicyclic) bond motifs is 1. The zero-order chi connectivity index (χ0) is 20.8. The molecular weight excluding hydrogens is 392 g/mol. The summed E-state index contributed by atoms with van der Waals surface area (Å²) >= 11 is -2.06. The molecule has 0 radical (unpaired) electrons. The van der Waals surface area contributed by atoms with Crippen molar-refractivity contribution in [3.8, 4) is 5.75 Å². The number of rotatable bonds is 10. The Balaban J connectivity index is 1.43. The average Bonchev–Trinajstić information content (AvgIpc) is 2.99. The number of aryl methyl sites for hydroxylation is 2. The molecule has 0 fully saturated rings. The summed E-state index contributed by atoms with van der Waals surface area (Å²) < 4.78 is 33.4. The van der Waals surface area contributed by atoms with Crippen LogP contribution in [0.3, 0.4) is 0 Å². The van der Waals surface area contributed by atoms with Gasteiger partial charge >= 0.3 is 0 Å². The molecule has 3 rings (SSSR count). The maximum absolute atomic E-state index is 10.7. The van der Waals surface area contributed by atoms with E-state index in [9.17, 15) is 9.32 Å². The predicted molar refractivity (Wildman–Crippen MR) is 113 cm³/mol. The van der Waals surface area contributed by atoms with E-state index in [1.165, 1.54) is 0 Å². The molecule has 0 bridgehead atoms. The van der Waals surface area contributed by atoms with Crippen LogP contribution in [0.1, 0.15) is 28.6 Å². The van der Waals surface area contributed by atoms with E-state index in [2.05, 4.69) is 10.0 Å². The molecule has 2 aromatic carbocycles. The van der Waals surface area contributed by atoms with Gasteiger partial charge in [-0.3, -0.25) is 4.55 Å². The quantitative estimate of drug-likeness (QED) is 0.298. The first-order chi connectivity index (χ1) is 13.9. The van der Waals surface area contributed by atoms with E-state index >= 15 is 0 Å². The topological polar surface area (TPSA) is 104 Å². The Morgan fingerprint density at radius 2 is 2.03 bits per heavy atom. The van der Waals surface area contributed by atoms with Crippen LogP contribution >= 0.6 is 0 Å².